The maximum absolute atomic E-state index is 5.49. The van der Waals surface area contributed by atoms with Gasteiger partial charge in [-0.15, -0.1) is 0 Å². The zero-order valence-corrected chi connectivity index (χ0v) is 13.5. The van der Waals surface area contributed by atoms with E-state index in [1.165, 1.54) is 0 Å². The van der Waals surface area contributed by atoms with Crippen molar-refractivity contribution in [3.8, 4) is 5.75 Å². The monoisotopic (exact) mass is 288 g/mol. The molecule has 0 spiro atoms. The van der Waals surface area contributed by atoms with Crippen LogP contribution in [-0.2, 0) is 6.42 Å². The van der Waals surface area contributed by atoms with Gasteiger partial charge in [0.25, 0.3) is 0 Å². The Hall–Kier alpha value is -1.81. The van der Waals surface area contributed by atoms with Crippen molar-refractivity contribution < 1.29 is 9.15 Å². The van der Waals surface area contributed by atoms with Crippen molar-refractivity contribution in [3.63, 3.8) is 0 Å². The quantitative estimate of drug-likeness (QED) is 0.883. The molecule has 1 unspecified atom stereocenters. The Morgan fingerprint density at radius 3 is 2.67 bits per heavy atom. The third-order valence-corrected chi connectivity index (χ3v) is 3.75. The number of hydrogen-bond donors (Lipinski definition) is 1. The summed E-state index contributed by atoms with van der Waals surface area (Å²) in [6.07, 6.45) is 4.52. The maximum Gasteiger partial charge on any atom is 0.128 e. The second-order valence-electron chi connectivity index (χ2n) is 5.35. The Balaban J connectivity index is 2.29. The van der Waals surface area contributed by atoms with Crippen LogP contribution < -0.4 is 10.1 Å². The highest BCUT2D eigenvalue weighted by atomic mass is 16.5. The molecule has 0 fully saturated rings. The number of methoxy groups -OCH3 is 1. The number of nitrogens with zero attached hydrogens (tertiary/aromatic N) is 1. The van der Waals surface area contributed by atoms with E-state index in [1.807, 2.05) is 26.3 Å². The molecule has 0 aliphatic rings. The number of hydrogen-bond acceptors (Lipinski definition) is 4. The number of furan rings is 1. The average molecular weight is 288 g/mol. The first-order valence-corrected chi connectivity index (χ1v) is 7.34. The Bertz CT molecular complexity index is 605. The largest absolute Gasteiger partial charge is 0.496 e. The highest BCUT2D eigenvalue weighted by Crippen LogP contribution is 2.27. The molecule has 4 heteroatoms. The van der Waals surface area contributed by atoms with Gasteiger partial charge >= 0.3 is 0 Å². The van der Waals surface area contributed by atoms with Gasteiger partial charge in [0.05, 0.1) is 13.4 Å². The lowest BCUT2D eigenvalue weighted by molar-refractivity contribution is 0.406. The van der Waals surface area contributed by atoms with E-state index in [1.54, 1.807) is 7.11 Å². The van der Waals surface area contributed by atoms with Crippen molar-refractivity contribution in [1.82, 2.24) is 10.3 Å². The van der Waals surface area contributed by atoms with Gasteiger partial charge in [-0.3, -0.25) is 4.98 Å². The second kappa shape index (κ2) is 6.76. The molecule has 0 radical (unpaired) electrons. The number of likely N-dealkylation sites (N-methyl/N-ethyl adjacent to an activating group) is 1. The minimum atomic E-state index is 0.200. The summed E-state index contributed by atoms with van der Waals surface area (Å²) in [5.74, 6) is 1.86. The van der Waals surface area contributed by atoms with Gasteiger partial charge in [0, 0.05) is 41.0 Å². The second-order valence-corrected chi connectivity index (χ2v) is 5.35. The molecule has 1 N–H and O–H groups in total. The molecule has 0 aliphatic heterocycles. The van der Waals surface area contributed by atoms with E-state index in [9.17, 15) is 0 Å². The fourth-order valence-corrected chi connectivity index (χ4v) is 2.67. The molecule has 114 valence electrons. The first kappa shape index (κ1) is 15.6. The van der Waals surface area contributed by atoms with E-state index in [-0.39, 0.29) is 6.04 Å². The lowest BCUT2D eigenvalue weighted by Gasteiger charge is -2.18. The van der Waals surface area contributed by atoms with Crippen molar-refractivity contribution in [2.45, 2.75) is 40.2 Å². The topological polar surface area (TPSA) is 47.3 Å². The van der Waals surface area contributed by atoms with Crippen molar-refractivity contribution in [2.75, 3.05) is 13.7 Å². The molecular formula is C17H24N2O2. The highest BCUT2D eigenvalue weighted by Gasteiger charge is 2.17. The molecule has 1 atom stereocenters. The zero-order chi connectivity index (χ0) is 15.4. The third kappa shape index (κ3) is 3.45. The summed E-state index contributed by atoms with van der Waals surface area (Å²) >= 11 is 0. The smallest absolute Gasteiger partial charge is 0.128 e. The van der Waals surface area contributed by atoms with Gasteiger partial charge in [-0.25, -0.2) is 0 Å². The molecule has 0 bridgehead atoms. The molecule has 0 amide bonds. The minimum absolute atomic E-state index is 0.200. The summed E-state index contributed by atoms with van der Waals surface area (Å²) in [4.78, 5) is 4.59. The predicted molar refractivity (Wildman–Crippen MR) is 83.8 cm³/mol. The van der Waals surface area contributed by atoms with Crippen LogP contribution in [0.4, 0.5) is 0 Å². The molecule has 21 heavy (non-hydrogen) atoms. The zero-order valence-electron chi connectivity index (χ0n) is 13.5. The van der Waals surface area contributed by atoms with E-state index in [0.29, 0.717) is 0 Å². The molecule has 2 rings (SSSR count). The SMILES string of the molecule is CCNC(Cc1ncc(C)c(OC)c1C)c1coc(C)c1. The number of rotatable bonds is 6. The number of pyridine rings is 1. The molecule has 2 aromatic rings. The van der Waals surface area contributed by atoms with E-state index in [4.69, 9.17) is 9.15 Å². The van der Waals surface area contributed by atoms with E-state index < -0.39 is 0 Å². The first-order valence-electron chi connectivity index (χ1n) is 7.34. The summed E-state index contributed by atoms with van der Waals surface area (Å²) in [6.45, 7) is 9.05. The van der Waals surface area contributed by atoms with Crippen molar-refractivity contribution in [3.05, 3.63) is 46.7 Å². The van der Waals surface area contributed by atoms with Crippen LogP contribution in [0.5, 0.6) is 5.75 Å². The molecular weight excluding hydrogens is 264 g/mol. The maximum atomic E-state index is 5.49. The lowest BCUT2D eigenvalue weighted by Crippen LogP contribution is -2.23. The number of ether oxygens (including phenoxy) is 1. The fourth-order valence-electron chi connectivity index (χ4n) is 2.67. The number of nitrogens with one attached hydrogen (secondary N) is 1. The van der Waals surface area contributed by atoms with Crippen LogP contribution in [0.2, 0.25) is 0 Å². The summed E-state index contributed by atoms with van der Waals surface area (Å²) in [5.41, 5.74) is 4.40. The Labute approximate surface area is 126 Å². The minimum Gasteiger partial charge on any atom is -0.496 e. The van der Waals surface area contributed by atoms with Gasteiger partial charge in [0.15, 0.2) is 0 Å². The first-order chi connectivity index (χ1) is 10.1. The van der Waals surface area contributed by atoms with Gasteiger partial charge < -0.3 is 14.5 Å². The Kier molecular flexibility index (Phi) is 5.02. The van der Waals surface area contributed by atoms with Crippen molar-refractivity contribution in [1.29, 1.82) is 0 Å². The van der Waals surface area contributed by atoms with Crippen LogP contribution in [0.3, 0.4) is 0 Å². The summed E-state index contributed by atoms with van der Waals surface area (Å²) < 4.78 is 10.9. The standard InChI is InChI=1S/C17H24N2O2/c1-6-18-16(14-7-12(3)21-10-14)8-15-13(4)17(20-5)11(2)9-19-15/h7,9-10,16,18H,6,8H2,1-5H3. The Morgan fingerprint density at radius 1 is 1.33 bits per heavy atom. The lowest BCUT2D eigenvalue weighted by atomic mass is 10.0. The highest BCUT2D eigenvalue weighted by molar-refractivity contribution is 5.41. The molecule has 4 nitrogen and oxygen atoms in total. The van der Waals surface area contributed by atoms with E-state index >= 15 is 0 Å². The molecule has 0 aliphatic carbocycles. The Morgan fingerprint density at radius 2 is 2.10 bits per heavy atom. The number of aromatic nitrogens is 1. The molecule has 0 saturated carbocycles. The van der Waals surface area contributed by atoms with Crippen molar-refractivity contribution in [2.24, 2.45) is 0 Å². The number of aryl methyl sites for hydroxylation is 2. The van der Waals surface area contributed by atoms with E-state index in [2.05, 4.69) is 30.2 Å². The van der Waals surface area contributed by atoms with Crippen molar-refractivity contribution >= 4 is 0 Å². The van der Waals surface area contributed by atoms with Gasteiger partial charge in [-0.1, -0.05) is 6.92 Å². The van der Waals surface area contributed by atoms with Crippen LogP contribution in [0.1, 0.15) is 41.1 Å². The average Bonchev–Trinajstić information content (AvgIpc) is 2.88. The summed E-state index contributed by atoms with van der Waals surface area (Å²) in [5, 5.41) is 3.50. The molecule has 0 aromatic carbocycles. The van der Waals surface area contributed by atoms with Crippen LogP contribution in [0.25, 0.3) is 0 Å². The van der Waals surface area contributed by atoms with E-state index in [0.717, 1.165) is 46.9 Å². The van der Waals surface area contributed by atoms with Crippen LogP contribution >= 0.6 is 0 Å². The molecule has 0 saturated heterocycles. The molecule has 2 heterocycles. The van der Waals surface area contributed by atoms with Gasteiger partial charge in [0.1, 0.15) is 11.5 Å². The van der Waals surface area contributed by atoms with Gasteiger partial charge in [-0.05, 0) is 33.4 Å². The van der Waals surface area contributed by atoms with Crippen LogP contribution in [0, 0.1) is 20.8 Å². The summed E-state index contributed by atoms with van der Waals surface area (Å²) in [7, 11) is 1.71. The fraction of sp³-hybridized carbons (Fsp3) is 0.471. The van der Waals surface area contributed by atoms with Gasteiger partial charge in [-0.2, -0.15) is 0 Å². The normalized spacial score (nSPS) is 12.4. The van der Waals surface area contributed by atoms with Crippen LogP contribution in [0.15, 0.2) is 22.9 Å². The van der Waals surface area contributed by atoms with Gasteiger partial charge in [0.2, 0.25) is 0 Å². The predicted octanol–water partition coefficient (Wildman–Crippen LogP) is 3.50. The molecule has 2 aromatic heterocycles. The summed E-state index contributed by atoms with van der Waals surface area (Å²) in [6, 6.07) is 2.28. The van der Waals surface area contributed by atoms with Crippen LogP contribution in [-0.4, -0.2) is 18.6 Å². The third-order valence-electron chi connectivity index (χ3n) is 3.75.